The van der Waals surface area contributed by atoms with Crippen LogP contribution in [0, 0.1) is 13.3 Å². The third-order valence-corrected chi connectivity index (χ3v) is 3.72. The first-order valence-electron chi connectivity index (χ1n) is 6.95. The summed E-state index contributed by atoms with van der Waals surface area (Å²) in [6.07, 6.45) is 8.35. The van der Waals surface area contributed by atoms with Crippen LogP contribution in [0.25, 0.3) is 0 Å². The van der Waals surface area contributed by atoms with Gasteiger partial charge in [0.1, 0.15) is 0 Å². The van der Waals surface area contributed by atoms with E-state index < -0.39 is 0 Å². The van der Waals surface area contributed by atoms with E-state index in [1.54, 1.807) is 0 Å². The molecule has 1 N–H and O–H groups in total. The van der Waals surface area contributed by atoms with Gasteiger partial charge in [-0.1, -0.05) is 19.4 Å². The smallest absolute Gasteiger partial charge is 0.224 e. The van der Waals surface area contributed by atoms with Crippen LogP contribution in [0.15, 0.2) is 12.1 Å². The molecule has 97 valence electrons. The Morgan fingerprint density at radius 3 is 2.94 bits per heavy atom. The molecule has 2 heteroatoms. The molecule has 1 amide bonds. The SMILES string of the molecule is CC[CH]CCc1ccc2c(c1C)CCCC(=O)N2. The van der Waals surface area contributed by atoms with Crippen molar-refractivity contribution in [3.05, 3.63) is 35.2 Å². The molecule has 1 radical (unpaired) electrons. The fourth-order valence-electron chi connectivity index (χ4n) is 2.62. The van der Waals surface area contributed by atoms with Crippen molar-refractivity contribution in [3.8, 4) is 0 Å². The van der Waals surface area contributed by atoms with E-state index in [0.717, 1.165) is 37.8 Å². The maximum Gasteiger partial charge on any atom is 0.224 e. The minimum atomic E-state index is 0.153. The first kappa shape index (κ1) is 13.1. The molecule has 1 aliphatic heterocycles. The van der Waals surface area contributed by atoms with Gasteiger partial charge in [0.2, 0.25) is 5.91 Å². The standard InChI is InChI=1S/C16H22NO/c1-3-4-5-7-13-10-11-15-14(12(13)2)8-6-9-16(18)17-15/h4,10-11H,3,5-9H2,1-2H3,(H,17,18). The number of aryl methyl sites for hydroxylation is 1. The summed E-state index contributed by atoms with van der Waals surface area (Å²) in [5, 5.41) is 3.01. The summed E-state index contributed by atoms with van der Waals surface area (Å²) in [4.78, 5) is 11.5. The molecule has 2 rings (SSSR count). The van der Waals surface area contributed by atoms with E-state index in [-0.39, 0.29) is 5.91 Å². The van der Waals surface area contributed by atoms with Crippen LogP contribution < -0.4 is 5.32 Å². The van der Waals surface area contributed by atoms with Gasteiger partial charge in [0.25, 0.3) is 0 Å². The zero-order valence-corrected chi connectivity index (χ0v) is 11.4. The lowest BCUT2D eigenvalue weighted by atomic mass is 9.94. The lowest BCUT2D eigenvalue weighted by Gasteiger charge is -2.14. The van der Waals surface area contributed by atoms with E-state index in [9.17, 15) is 4.79 Å². The molecule has 0 saturated carbocycles. The molecule has 0 saturated heterocycles. The Bertz CT molecular complexity index is 437. The van der Waals surface area contributed by atoms with Crippen LogP contribution >= 0.6 is 0 Å². The Kier molecular flexibility index (Phi) is 4.40. The highest BCUT2D eigenvalue weighted by molar-refractivity contribution is 5.92. The summed E-state index contributed by atoms with van der Waals surface area (Å²) in [5.41, 5.74) is 5.17. The predicted octanol–water partition coefficient (Wildman–Crippen LogP) is 3.82. The van der Waals surface area contributed by atoms with E-state index in [1.165, 1.54) is 16.7 Å². The predicted molar refractivity (Wildman–Crippen MR) is 75.7 cm³/mol. The number of carbonyl (C=O) groups excluding carboxylic acids is 1. The summed E-state index contributed by atoms with van der Waals surface area (Å²) in [6.45, 7) is 4.37. The van der Waals surface area contributed by atoms with Crippen molar-refractivity contribution in [3.63, 3.8) is 0 Å². The zero-order chi connectivity index (χ0) is 13.0. The second-order valence-corrected chi connectivity index (χ2v) is 5.01. The van der Waals surface area contributed by atoms with Crippen LogP contribution in [0.2, 0.25) is 0 Å². The molecule has 1 aliphatic rings. The van der Waals surface area contributed by atoms with Gasteiger partial charge >= 0.3 is 0 Å². The topological polar surface area (TPSA) is 29.1 Å². The molecule has 0 fully saturated rings. The highest BCUT2D eigenvalue weighted by Gasteiger charge is 2.15. The number of fused-ring (bicyclic) bond motifs is 1. The van der Waals surface area contributed by atoms with Gasteiger partial charge in [-0.25, -0.2) is 0 Å². The first-order valence-corrected chi connectivity index (χ1v) is 6.95. The van der Waals surface area contributed by atoms with Crippen molar-refractivity contribution >= 4 is 11.6 Å². The van der Waals surface area contributed by atoms with E-state index in [1.807, 2.05) is 0 Å². The van der Waals surface area contributed by atoms with Gasteiger partial charge in [0, 0.05) is 12.1 Å². The van der Waals surface area contributed by atoms with E-state index in [2.05, 4.69) is 37.7 Å². The van der Waals surface area contributed by atoms with Gasteiger partial charge < -0.3 is 5.32 Å². The van der Waals surface area contributed by atoms with Gasteiger partial charge in [-0.05, 0) is 61.8 Å². The summed E-state index contributed by atoms with van der Waals surface area (Å²) in [6, 6.07) is 4.25. The summed E-state index contributed by atoms with van der Waals surface area (Å²) >= 11 is 0. The molecule has 1 heterocycles. The molecule has 2 nitrogen and oxygen atoms in total. The van der Waals surface area contributed by atoms with Crippen molar-refractivity contribution in [2.75, 3.05) is 5.32 Å². The minimum Gasteiger partial charge on any atom is -0.326 e. The summed E-state index contributed by atoms with van der Waals surface area (Å²) < 4.78 is 0. The molecule has 0 spiro atoms. The minimum absolute atomic E-state index is 0.153. The molecule has 0 atom stereocenters. The van der Waals surface area contributed by atoms with Crippen LogP contribution in [-0.4, -0.2) is 5.91 Å². The fraction of sp³-hybridized carbons (Fsp3) is 0.500. The largest absolute Gasteiger partial charge is 0.326 e. The average molecular weight is 244 g/mol. The van der Waals surface area contributed by atoms with Crippen LogP contribution in [0.5, 0.6) is 0 Å². The second kappa shape index (κ2) is 6.03. The van der Waals surface area contributed by atoms with E-state index in [4.69, 9.17) is 0 Å². The van der Waals surface area contributed by atoms with Crippen molar-refractivity contribution in [2.45, 2.75) is 52.4 Å². The third-order valence-electron chi connectivity index (χ3n) is 3.72. The number of amides is 1. The second-order valence-electron chi connectivity index (χ2n) is 5.01. The van der Waals surface area contributed by atoms with Crippen molar-refractivity contribution < 1.29 is 4.79 Å². The number of nitrogens with one attached hydrogen (secondary N) is 1. The number of carbonyl (C=O) groups is 1. The lowest BCUT2D eigenvalue weighted by molar-refractivity contribution is -0.116. The first-order chi connectivity index (χ1) is 8.72. The van der Waals surface area contributed by atoms with Crippen LogP contribution in [0.1, 0.15) is 49.3 Å². The number of rotatable bonds is 4. The Morgan fingerprint density at radius 1 is 1.33 bits per heavy atom. The Hall–Kier alpha value is -1.31. The maximum absolute atomic E-state index is 11.5. The van der Waals surface area contributed by atoms with Crippen molar-refractivity contribution in [1.82, 2.24) is 0 Å². The highest BCUT2D eigenvalue weighted by atomic mass is 16.1. The van der Waals surface area contributed by atoms with Gasteiger partial charge in [0.05, 0.1) is 0 Å². The molecular weight excluding hydrogens is 222 g/mol. The van der Waals surface area contributed by atoms with Crippen LogP contribution in [0.3, 0.4) is 0 Å². The Labute approximate surface area is 110 Å². The normalized spacial score (nSPS) is 14.9. The van der Waals surface area contributed by atoms with Gasteiger partial charge in [0.15, 0.2) is 0 Å². The lowest BCUT2D eigenvalue weighted by Crippen LogP contribution is -2.09. The molecule has 1 aromatic rings. The highest BCUT2D eigenvalue weighted by Crippen LogP contribution is 2.28. The summed E-state index contributed by atoms with van der Waals surface area (Å²) in [5.74, 6) is 0.153. The van der Waals surface area contributed by atoms with Gasteiger partial charge in [-0.3, -0.25) is 4.79 Å². The van der Waals surface area contributed by atoms with Crippen LogP contribution in [-0.2, 0) is 17.6 Å². The van der Waals surface area contributed by atoms with E-state index >= 15 is 0 Å². The molecule has 18 heavy (non-hydrogen) atoms. The zero-order valence-electron chi connectivity index (χ0n) is 11.4. The fourth-order valence-corrected chi connectivity index (χ4v) is 2.62. The molecule has 0 bridgehead atoms. The Morgan fingerprint density at radius 2 is 2.17 bits per heavy atom. The van der Waals surface area contributed by atoms with Crippen molar-refractivity contribution in [2.24, 2.45) is 0 Å². The molecule has 0 unspecified atom stereocenters. The summed E-state index contributed by atoms with van der Waals surface area (Å²) in [7, 11) is 0. The number of hydrogen-bond acceptors (Lipinski definition) is 1. The molecule has 0 aromatic heterocycles. The van der Waals surface area contributed by atoms with E-state index in [0.29, 0.717) is 6.42 Å². The monoisotopic (exact) mass is 244 g/mol. The van der Waals surface area contributed by atoms with Crippen LogP contribution in [0.4, 0.5) is 5.69 Å². The molecule has 0 aliphatic carbocycles. The number of anilines is 1. The Balaban J connectivity index is 2.20. The quantitative estimate of drug-likeness (QED) is 0.802. The molecular formula is C16H22NO. The number of hydrogen-bond donors (Lipinski definition) is 1. The van der Waals surface area contributed by atoms with Gasteiger partial charge in [-0.2, -0.15) is 0 Å². The third kappa shape index (κ3) is 2.92. The molecule has 1 aromatic carbocycles. The van der Waals surface area contributed by atoms with Gasteiger partial charge in [-0.15, -0.1) is 0 Å². The van der Waals surface area contributed by atoms with Crippen molar-refractivity contribution in [1.29, 1.82) is 0 Å². The maximum atomic E-state index is 11.5. The average Bonchev–Trinajstić information content (AvgIpc) is 2.54. The number of benzene rings is 1. The number of unbranched alkanes of at least 4 members (excludes halogenated alkanes) is 2.